The number of rotatable bonds is 4. The van der Waals surface area contributed by atoms with E-state index in [9.17, 15) is 0 Å². The van der Waals surface area contributed by atoms with Crippen LogP contribution in [0, 0.1) is 0 Å². The summed E-state index contributed by atoms with van der Waals surface area (Å²) in [5.74, 6) is 0.451. The monoisotopic (exact) mass is 275 g/mol. The zero-order chi connectivity index (χ0) is 14.8. The molecule has 1 atom stereocenters. The summed E-state index contributed by atoms with van der Waals surface area (Å²) < 4.78 is 0. The molecule has 2 rings (SSSR count). The van der Waals surface area contributed by atoms with Crippen LogP contribution < -0.4 is 5.73 Å². The summed E-state index contributed by atoms with van der Waals surface area (Å²) in [6, 6.07) is 8.97. The lowest BCUT2D eigenvalue weighted by atomic mass is 9.98. The molecule has 3 heteroatoms. The highest BCUT2D eigenvalue weighted by molar-refractivity contribution is 5.25. The molecule has 2 N–H and O–H groups in total. The second-order valence-corrected chi connectivity index (χ2v) is 6.82. The first-order valence-corrected chi connectivity index (χ1v) is 7.65. The van der Waals surface area contributed by atoms with E-state index in [1.54, 1.807) is 0 Å². The van der Waals surface area contributed by atoms with E-state index in [0.29, 0.717) is 12.5 Å². The zero-order valence-electron chi connectivity index (χ0n) is 13.4. The van der Waals surface area contributed by atoms with Gasteiger partial charge in [-0.1, -0.05) is 31.2 Å². The second-order valence-electron chi connectivity index (χ2n) is 6.82. The van der Waals surface area contributed by atoms with E-state index in [2.05, 4.69) is 61.9 Å². The Labute approximate surface area is 123 Å². The molecule has 1 aliphatic rings. The van der Waals surface area contributed by atoms with E-state index in [-0.39, 0.29) is 5.54 Å². The van der Waals surface area contributed by atoms with Crippen molar-refractivity contribution in [2.45, 2.75) is 38.8 Å². The maximum absolute atomic E-state index is 5.72. The largest absolute Gasteiger partial charge is 0.330 e. The zero-order valence-corrected chi connectivity index (χ0v) is 13.4. The quantitative estimate of drug-likeness (QED) is 0.915. The van der Waals surface area contributed by atoms with Crippen molar-refractivity contribution >= 4 is 0 Å². The lowest BCUT2D eigenvalue weighted by Gasteiger charge is -2.45. The number of benzene rings is 1. The van der Waals surface area contributed by atoms with Crippen LogP contribution in [0.25, 0.3) is 0 Å². The van der Waals surface area contributed by atoms with E-state index in [4.69, 9.17) is 5.73 Å². The number of piperazine rings is 1. The van der Waals surface area contributed by atoms with Crippen LogP contribution in [-0.4, -0.2) is 48.6 Å². The molecule has 1 aromatic carbocycles. The number of hydrogen-bond acceptors (Lipinski definition) is 3. The van der Waals surface area contributed by atoms with Gasteiger partial charge in [-0.25, -0.2) is 0 Å². The van der Waals surface area contributed by atoms with Crippen LogP contribution in [0.3, 0.4) is 0 Å². The van der Waals surface area contributed by atoms with Gasteiger partial charge in [0.25, 0.3) is 0 Å². The van der Waals surface area contributed by atoms with Crippen LogP contribution in [-0.2, 0) is 6.54 Å². The van der Waals surface area contributed by atoms with Gasteiger partial charge < -0.3 is 5.73 Å². The minimum atomic E-state index is 0.270. The highest BCUT2D eigenvalue weighted by Gasteiger charge is 2.30. The standard InChI is InChI=1S/C17H29N3/c1-14(11-18)16-7-5-15(6-8-16)12-20-10-9-19(4)17(2,3)13-20/h5-8,14H,9-13,18H2,1-4H3. The van der Waals surface area contributed by atoms with E-state index >= 15 is 0 Å². The van der Waals surface area contributed by atoms with Gasteiger partial charge in [0.2, 0.25) is 0 Å². The predicted octanol–water partition coefficient (Wildman–Crippen LogP) is 2.27. The minimum Gasteiger partial charge on any atom is -0.330 e. The molecule has 0 radical (unpaired) electrons. The molecule has 112 valence electrons. The van der Waals surface area contributed by atoms with Crippen LogP contribution in [0.2, 0.25) is 0 Å². The summed E-state index contributed by atoms with van der Waals surface area (Å²) >= 11 is 0. The maximum Gasteiger partial charge on any atom is 0.0277 e. The van der Waals surface area contributed by atoms with Gasteiger partial charge in [0.1, 0.15) is 0 Å². The first-order chi connectivity index (χ1) is 9.42. The number of nitrogens with two attached hydrogens (primary N) is 1. The lowest BCUT2D eigenvalue weighted by molar-refractivity contribution is 0.0360. The Hall–Kier alpha value is -0.900. The van der Waals surface area contributed by atoms with Crippen LogP contribution in [0.15, 0.2) is 24.3 Å². The van der Waals surface area contributed by atoms with Crippen molar-refractivity contribution in [3.8, 4) is 0 Å². The summed E-state index contributed by atoms with van der Waals surface area (Å²) in [7, 11) is 2.22. The first kappa shape index (κ1) is 15.5. The Morgan fingerprint density at radius 2 is 1.85 bits per heavy atom. The Morgan fingerprint density at radius 1 is 1.20 bits per heavy atom. The average Bonchev–Trinajstić information content (AvgIpc) is 2.42. The van der Waals surface area contributed by atoms with Gasteiger partial charge in [-0.15, -0.1) is 0 Å². The normalized spacial score (nSPS) is 21.9. The Morgan fingerprint density at radius 3 is 2.40 bits per heavy atom. The van der Waals surface area contributed by atoms with Gasteiger partial charge in [-0.2, -0.15) is 0 Å². The third-order valence-electron chi connectivity index (χ3n) is 4.70. The van der Waals surface area contributed by atoms with Crippen molar-refractivity contribution in [3.63, 3.8) is 0 Å². The smallest absolute Gasteiger partial charge is 0.0277 e. The van der Waals surface area contributed by atoms with Crippen molar-refractivity contribution in [1.29, 1.82) is 0 Å². The molecule has 1 unspecified atom stereocenters. The molecular formula is C17H29N3. The van der Waals surface area contributed by atoms with Crippen LogP contribution in [0.4, 0.5) is 0 Å². The maximum atomic E-state index is 5.72. The van der Waals surface area contributed by atoms with Crippen LogP contribution in [0.1, 0.15) is 37.8 Å². The second kappa shape index (κ2) is 6.25. The molecule has 0 aromatic heterocycles. The van der Waals surface area contributed by atoms with Gasteiger partial charge in [-0.3, -0.25) is 9.80 Å². The Kier molecular flexibility index (Phi) is 4.84. The summed E-state index contributed by atoms with van der Waals surface area (Å²) in [6.07, 6.45) is 0. The van der Waals surface area contributed by atoms with Crippen LogP contribution >= 0.6 is 0 Å². The van der Waals surface area contributed by atoms with E-state index < -0.39 is 0 Å². The molecule has 1 fully saturated rings. The third-order valence-corrected chi connectivity index (χ3v) is 4.70. The highest BCUT2D eigenvalue weighted by Crippen LogP contribution is 2.21. The minimum absolute atomic E-state index is 0.270. The Bertz CT molecular complexity index is 424. The fourth-order valence-corrected chi connectivity index (χ4v) is 2.82. The molecule has 1 heterocycles. The first-order valence-electron chi connectivity index (χ1n) is 7.65. The fraction of sp³-hybridized carbons (Fsp3) is 0.647. The summed E-state index contributed by atoms with van der Waals surface area (Å²) in [5, 5.41) is 0. The molecule has 1 aliphatic heterocycles. The van der Waals surface area contributed by atoms with Gasteiger partial charge in [0, 0.05) is 31.7 Å². The van der Waals surface area contributed by atoms with E-state index in [0.717, 1.165) is 26.2 Å². The summed E-state index contributed by atoms with van der Waals surface area (Å²) in [4.78, 5) is 5.01. The summed E-state index contributed by atoms with van der Waals surface area (Å²) in [6.45, 7) is 12.0. The van der Waals surface area contributed by atoms with Crippen molar-refractivity contribution in [3.05, 3.63) is 35.4 Å². The predicted molar refractivity (Wildman–Crippen MR) is 85.9 cm³/mol. The number of hydrogen-bond donors (Lipinski definition) is 1. The van der Waals surface area contributed by atoms with E-state index in [1.807, 2.05) is 0 Å². The molecule has 20 heavy (non-hydrogen) atoms. The molecule has 0 spiro atoms. The summed E-state index contributed by atoms with van der Waals surface area (Å²) in [5.41, 5.74) is 8.74. The van der Waals surface area contributed by atoms with Crippen LogP contribution in [0.5, 0.6) is 0 Å². The van der Waals surface area contributed by atoms with Gasteiger partial charge in [0.05, 0.1) is 0 Å². The Balaban J connectivity index is 1.97. The molecule has 0 bridgehead atoms. The average molecular weight is 275 g/mol. The lowest BCUT2D eigenvalue weighted by Crippen LogP contribution is -2.57. The highest BCUT2D eigenvalue weighted by atomic mass is 15.3. The number of nitrogens with zero attached hydrogens (tertiary/aromatic N) is 2. The van der Waals surface area contributed by atoms with Gasteiger partial charge in [0.15, 0.2) is 0 Å². The van der Waals surface area contributed by atoms with E-state index in [1.165, 1.54) is 11.1 Å². The fourth-order valence-electron chi connectivity index (χ4n) is 2.82. The number of likely N-dealkylation sites (N-methyl/N-ethyl adjacent to an activating group) is 1. The van der Waals surface area contributed by atoms with Crippen molar-refractivity contribution in [2.24, 2.45) is 5.73 Å². The molecular weight excluding hydrogens is 246 g/mol. The molecule has 0 saturated carbocycles. The SMILES string of the molecule is CC(CN)c1ccc(CN2CCN(C)C(C)(C)C2)cc1. The van der Waals surface area contributed by atoms with Crippen molar-refractivity contribution in [2.75, 3.05) is 33.2 Å². The van der Waals surface area contributed by atoms with Crippen molar-refractivity contribution in [1.82, 2.24) is 9.80 Å². The third kappa shape index (κ3) is 3.60. The molecule has 0 aliphatic carbocycles. The topological polar surface area (TPSA) is 32.5 Å². The molecule has 1 aromatic rings. The molecule has 0 amide bonds. The van der Waals surface area contributed by atoms with Gasteiger partial charge in [-0.05, 0) is 44.5 Å². The van der Waals surface area contributed by atoms with Crippen molar-refractivity contribution < 1.29 is 0 Å². The molecule has 1 saturated heterocycles. The van der Waals surface area contributed by atoms with Gasteiger partial charge >= 0.3 is 0 Å². The molecule has 3 nitrogen and oxygen atoms in total.